The number of carbonyl (C=O) groups excluding carboxylic acids is 1. The number of anilines is 2. The maximum absolute atomic E-state index is 12.8. The van der Waals surface area contributed by atoms with Gasteiger partial charge >= 0.3 is 0 Å². The summed E-state index contributed by atoms with van der Waals surface area (Å²) in [6, 6.07) is 15.3. The van der Waals surface area contributed by atoms with E-state index >= 15 is 0 Å². The average molecular weight is 470 g/mol. The van der Waals surface area contributed by atoms with Crippen LogP contribution < -0.4 is 10.0 Å². The highest BCUT2D eigenvalue weighted by atomic mass is 35.5. The lowest BCUT2D eigenvalue weighted by atomic mass is 10.1. The summed E-state index contributed by atoms with van der Waals surface area (Å²) in [6.45, 7) is 1.86. The molecule has 0 unspecified atom stereocenters. The molecule has 150 valence electrons. The highest BCUT2D eigenvalue weighted by Gasteiger charge is 2.19. The molecule has 0 aliphatic heterocycles. The van der Waals surface area contributed by atoms with Crippen LogP contribution in [0.3, 0.4) is 0 Å². The topological polar surface area (TPSA) is 75.3 Å². The molecule has 0 radical (unpaired) electrons. The Balaban J connectivity index is 1.92. The quantitative estimate of drug-likeness (QED) is 0.480. The smallest absolute Gasteiger partial charge is 0.261 e. The molecule has 3 aromatic carbocycles. The number of nitrogens with one attached hydrogen (secondary N) is 2. The van der Waals surface area contributed by atoms with Crippen LogP contribution in [0.15, 0.2) is 65.6 Å². The van der Waals surface area contributed by atoms with Crippen LogP contribution in [0, 0.1) is 6.92 Å². The molecule has 0 saturated heterocycles. The van der Waals surface area contributed by atoms with E-state index < -0.39 is 15.9 Å². The van der Waals surface area contributed by atoms with Crippen molar-refractivity contribution < 1.29 is 13.2 Å². The van der Waals surface area contributed by atoms with E-state index in [0.29, 0.717) is 10.7 Å². The second-order valence-corrected chi connectivity index (χ2v) is 9.12. The molecule has 0 fully saturated rings. The normalized spacial score (nSPS) is 11.2. The van der Waals surface area contributed by atoms with E-state index in [1.807, 2.05) is 6.92 Å². The van der Waals surface area contributed by atoms with E-state index in [1.54, 1.807) is 24.3 Å². The van der Waals surface area contributed by atoms with Gasteiger partial charge in [0.25, 0.3) is 15.9 Å². The Morgan fingerprint density at radius 2 is 1.55 bits per heavy atom. The zero-order valence-corrected chi connectivity index (χ0v) is 18.1. The fourth-order valence-electron chi connectivity index (χ4n) is 2.49. The average Bonchev–Trinajstić information content (AvgIpc) is 2.66. The molecule has 0 heterocycles. The summed E-state index contributed by atoms with van der Waals surface area (Å²) < 4.78 is 27.9. The van der Waals surface area contributed by atoms with Gasteiger partial charge < -0.3 is 5.32 Å². The van der Waals surface area contributed by atoms with Crippen molar-refractivity contribution in [2.24, 2.45) is 0 Å². The van der Waals surface area contributed by atoms with Crippen LogP contribution in [0.2, 0.25) is 15.1 Å². The molecule has 5 nitrogen and oxygen atoms in total. The van der Waals surface area contributed by atoms with Crippen molar-refractivity contribution in [2.75, 3.05) is 10.0 Å². The van der Waals surface area contributed by atoms with E-state index in [9.17, 15) is 13.2 Å². The van der Waals surface area contributed by atoms with Gasteiger partial charge in [-0.1, -0.05) is 52.5 Å². The first-order chi connectivity index (χ1) is 13.7. The molecule has 0 saturated carbocycles. The highest BCUT2D eigenvalue weighted by molar-refractivity contribution is 7.92. The van der Waals surface area contributed by atoms with Crippen molar-refractivity contribution in [3.05, 3.63) is 86.9 Å². The number of halogens is 3. The minimum atomic E-state index is -3.90. The number of aryl methyl sites for hydroxylation is 1. The Morgan fingerprint density at radius 3 is 2.21 bits per heavy atom. The number of hydrogen-bond acceptors (Lipinski definition) is 3. The molecule has 0 bridgehead atoms. The molecular formula is C20H15Cl3N2O3S. The van der Waals surface area contributed by atoms with Crippen LogP contribution in [-0.2, 0) is 10.0 Å². The third-order valence-electron chi connectivity index (χ3n) is 3.98. The lowest BCUT2D eigenvalue weighted by Crippen LogP contribution is -2.18. The lowest BCUT2D eigenvalue weighted by molar-refractivity contribution is 0.102. The van der Waals surface area contributed by atoms with Crippen molar-refractivity contribution >= 4 is 62.1 Å². The Bertz CT molecular complexity index is 1180. The summed E-state index contributed by atoms with van der Waals surface area (Å²) in [4.78, 5) is 12.8. The van der Waals surface area contributed by atoms with Gasteiger partial charge in [0.1, 0.15) is 0 Å². The SMILES string of the molecule is Cc1ccc(S(=O)(=O)Nc2ccc(Cl)cc2C(=O)Nc2ccc(Cl)c(Cl)c2)cc1. The van der Waals surface area contributed by atoms with Crippen molar-refractivity contribution in [3.63, 3.8) is 0 Å². The van der Waals surface area contributed by atoms with E-state index in [0.717, 1.165) is 5.56 Å². The van der Waals surface area contributed by atoms with Gasteiger partial charge in [-0.05, 0) is 55.5 Å². The standard InChI is InChI=1S/C20H15Cl3N2O3S/c1-12-2-6-15(7-3-12)29(27,28)25-19-9-4-13(21)10-16(19)20(26)24-14-5-8-17(22)18(23)11-14/h2-11,25H,1H3,(H,24,26). The van der Waals surface area contributed by atoms with Crippen LogP contribution in [0.5, 0.6) is 0 Å². The molecule has 0 aliphatic carbocycles. The first-order valence-corrected chi connectivity index (χ1v) is 10.9. The molecule has 0 atom stereocenters. The van der Waals surface area contributed by atoms with E-state index in [-0.39, 0.29) is 26.2 Å². The summed E-state index contributed by atoms with van der Waals surface area (Å²) in [6.07, 6.45) is 0. The summed E-state index contributed by atoms with van der Waals surface area (Å²) in [5, 5.41) is 3.55. The zero-order valence-electron chi connectivity index (χ0n) is 15.0. The lowest BCUT2D eigenvalue weighted by Gasteiger charge is -2.14. The van der Waals surface area contributed by atoms with Gasteiger partial charge in [-0.2, -0.15) is 0 Å². The molecule has 3 aromatic rings. The van der Waals surface area contributed by atoms with Crippen molar-refractivity contribution in [1.29, 1.82) is 0 Å². The van der Waals surface area contributed by atoms with Gasteiger partial charge in [0.05, 0.1) is 26.2 Å². The third-order valence-corrected chi connectivity index (χ3v) is 6.33. The molecule has 1 amide bonds. The number of amides is 1. The molecule has 9 heteroatoms. The predicted molar refractivity (Wildman–Crippen MR) is 118 cm³/mol. The molecule has 2 N–H and O–H groups in total. The molecule has 29 heavy (non-hydrogen) atoms. The summed E-state index contributed by atoms with van der Waals surface area (Å²) >= 11 is 17.9. The van der Waals surface area contributed by atoms with Crippen LogP contribution in [-0.4, -0.2) is 14.3 Å². The molecule has 0 spiro atoms. The molecule has 3 rings (SSSR count). The fourth-order valence-corrected chi connectivity index (χ4v) is 4.04. The monoisotopic (exact) mass is 468 g/mol. The van der Waals surface area contributed by atoms with E-state index in [2.05, 4.69) is 10.0 Å². The maximum atomic E-state index is 12.8. The van der Waals surface area contributed by atoms with Gasteiger partial charge in [0.15, 0.2) is 0 Å². The van der Waals surface area contributed by atoms with E-state index in [4.69, 9.17) is 34.8 Å². The number of carbonyl (C=O) groups is 1. The zero-order chi connectivity index (χ0) is 21.2. The van der Waals surface area contributed by atoms with Gasteiger partial charge in [0.2, 0.25) is 0 Å². The van der Waals surface area contributed by atoms with Crippen LogP contribution in [0.1, 0.15) is 15.9 Å². The molecular weight excluding hydrogens is 455 g/mol. The Hall–Kier alpha value is -2.25. The largest absolute Gasteiger partial charge is 0.322 e. The highest BCUT2D eigenvalue weighted by Crippen LogP contribution is 2.28. The van der Waals surface area contributed by atoms with Crippen LogP contribution >= 0.6 is 34.8 Å². The van der Waals surface area contributed by atoms with Gasteiger partial charge in [-0.25, -0.2) is 8.42 Å². The van der Waals surface area contributed by atoms with Gasteiger partial charge in [-0.3, -0.25) is 9.52 Å². The number of benzene rings is 3. The Labute approximate surface area is 183 Å². The first kappa shape index (κ1) is 21.5. The van der Waals surface area contributed by atoms with Gasteiger partial charge in [-0.15, -0.1) is 0 Å². The Kier molecular flexibility index (Phi) is 6.39. The third kappa shape index (κ3) is 5.22. The van der Waals surface area contributed by atoms with Gasteiger partial charge in [0, 0.05) is 10.7 Å². The minimum absolute atomic E-state index is 0.0549. The number of rotatable bonds is 5. The first-order valence-electron chi connectivity index (χ1n) is 8.31. The second-order valence-electron chi connectivity index (χ2n) is 6.19. The van der Waals surface area contributed by atoms with Crippen molar-refractivity contribution in [2.45, 2.75) is 11.8 Å². The Morgan fingerprint density at radius 1 is 0.862 bits per heavy atom. The fraction of sp³-hybridized carbons (Fsp3) is 0.0500. The molecule has 0 aromatic heterocycles. The minimum Gasteiger partial charge on any atom is -0.322 e. The summed E-state index contributed by atoms with van der Waals surface area (Å²) in [7, 11) is -3.90. The summed E-state index contributed by atoms with van der Waals surface area (Å²) in [5.74, 6) is -0.563. The van der Waals surface area contributed by atoms with Crippen molar-refractivity contribution in [3.8, 4) is 0 Å². The maximum Gasteiger partial charge on any atom is 0.261 e. The molecule has 0 aliphatic rings. The number of sulfonamides is 1. The predicted octanol–water partition coefficient (Wildman–Crippen LogP) is 6.01. The second kappa shape index (κ2) is 8.63. The number of hydrogen-bond donors (Lipinski definition) is 2. The van der Waals surface area contributed by atoms with Crippen LogP contribution in [0.25, 0.3) is 0 Å². The van der Waals surface area contributed by atoms with Crippen molar-refractivity contribution in [1.82, 2.24) is 0 Å². The van der Waals surface area contributed by atoms with Crippen LogP contribution in [0.4, 0.5) is 11.4 Å². The summed E-state index contributed by atoms with van der Waals surface area (Å²) in [5.41, 5.74) is 1.47. The van der Waals surface area contributed by atoms with E-state index in [1.165, 1.54) is 36.4 Å².